The Hall–Kier alpha value is -0.410. The van der Waals surface area contributed by atoms with Crippen molar-refractivity contribution in [1.82, 2.24) is 10.3 Å². The fourth-order valence-corrected chi connectivity index (χ4v) is 3.12. The number of rotatable bonds is 4. The monoisotopic (exact) mass is 222 g/mol. The van der Waals surface area contributed by atoms with Gasteiger partial charge in [-0.25, -0.2) is 4.98 Å². The summed E-state index contributed by atoms with van der Waals surface area (Å²) in [4.78, 5) is 4.72. The average molecular weight is 222 g/mol. The van der Waals surface area contributed by atoms with Gasteiger partial charge in [0.25, 0.3) is 0 Å². The molecule has 82 valence electrons. The Morgan fingerprint density at radius 2 is 2.27 bits per heavy atom. The average Bonchev–Trinajstić information content (AvgIpc) is 3.06. The van der Waals surface area contributed by atoms with Gasteiger partial charge in [0.2, 0.25) is 0 Å². The molecule has 0 amide bonds. The maximum Gasteiger partial charge on any atom is 0.0965 e. The molecule has 2 saturated carbocycles. The zero-order valence-electron chi connectivity index (χ0n) is 9.42. The Kier molecular flexibility index (Phi) is 2.15. The van der Waals surface area contributed by atoms with Gasteiger partial charge in [0.15, 0.2) is 0 Å². The third-order valence-corrected chi connectivity index (χ3v) is 4.54. The Balaban J connectivity index is 1.60. The molecule has 3 rings (SSSR count). The van der Waals surface area contributed by atoms with Crippen LogP contribution < -0.4 is 5.32 Å². The second-order valence-corrected chi connectivity index (χ2v) is 6.47. The zero-order chi connectivity index (χ0) is 10.5. The minimum atomic E-state index is 0.513. The smallest absolute Gasteiger partial charge is 0.0965 e. The molecule has 3 heteroatoms. The number of hydrogen-bond acceptors (Lipinski definition) is 3. The molecule has 0 bridgehead atoms. The minimum Gasteiger partial charge on any atom is -0.308 e. The first-order valence-electron chi connectivity index (χ1n) is 5.83. The minimum absolute atomic E-state index is 0.513. The Labute approximate surface area is 95.1 Å². The molecule has 1 atom stereocenters. The van der Waals surface area contributed by atoms with Crippen LogP contribution in [0, 0.1) is 5.41 Å². The van der Waals surface area contributed by atoms with Gasteiger partial charge in [-0.05, 0) is 24.7 Å². The summed E-state index contributed by atoms with van der Waals surface area (Å²) in [5.41, 5.74) is 1.75. The maximum absolute atomic E-state index is 4.72. The van der Waals surface area contributed by atoms with Crippen LogP contribution in [0.15, 0.2) is 5.38 Å². The van der Waals surface area contributed by atoms with Gasteiger partial charge < -0.3 is 5.32 Å². The molecule has 1 unspecified atom stereocenters. The van der Waals surface area contributed by atoms with Crippen molar-refractivity contribution in [2.45, 2.75) is 51.6 Å². The number of thiazole rings is 1. The molecule has 0 saturated heterocycles. The van der Waals surface area contributed by atoms with E-state index in [4.69, 9.17) is 4.98 Å². The van der Waals surface area contributed by atoms with E-state index >= 15 is 0 Å². The van der Waals surface area contributed by atoms with E-state index in [1.54, 1.807) is 0 Å². The van der Waals surface area contributed by atoms with Crippen molar-refractivity contribution in [2.24, 2.45) is 5.41 Å². The molecule has 1 aromatic rings. The third-order valence-electron chi connectivity index (χ3n) is 3.53. The summed E-state index contributed by atoms with van der Waals surface area (Å²) in [5.74, 6) is 0.733. The van der Waals surface area contributed by atoms with Gasteiger partial charge in [0, 0.05) is 23.9 Å². The lowest BCUT2D eigenvalue weighted by Crippen LogP contribution is -2.15. The van der Waals surface area contributed by atoms with Crippen LogP contribution in [-0.2, 0) is 6.54 Å². The van der Waals surface area contributed by atoms with Crippen molar-refractivity contribution in [1.29, 1.82) is 0 Å². The third kappa shape index (κ3) is 2.08. The van der Waals surface area contributed by atoms with Crippen LogP contribution in [0.4, 0.5) is 0 Å². The summed E-state index contributed by atoms with van der Waals surface area (Å²) in [6.45, 7) is 5.64. The first-order chi connectivity index (χ1) is 7.15. The molecule has 0 aromatic carbocycles. The van der Waals surface area contributed by atoms with E-state index in [0.717, 1.165) is 18.5 Å². The summed E-state index contributed by atoms with van der Waals surface area (Å²) >= 11 is 1.84. The van der Waals surface area contributed by atoms with Gasteiger partial charge in [-0.3, -0.25) is 0 Å². The summed E-state index contributed by atoms with van der Waals surface area (Å²) < 4.78 is 0. The van der Waals surface area contributed by atoms with Gasteiger partial charge in [0.05, 0.1) is 10.7 Å². The number of aromatic nitrogens is 1. The topological polar surface area (TPSA) is 24.9 Å². The molecular weight excluding hydrogens is 204 g/mol. The molecule has 1 heterocycles. The lowest BCUT2D eigenvalue weighted by atomic mass is 10.1. The van der Waals surface area contributed by atoms with Crippen molar-refractivity contribution in [2.75, 3.05) is 0 Å². The van der Waals surface area contributed by atoms with Crippen LogP contribution in [-0.4, -0.2) is 11.0 Å². The highest BCUT2D eigenvalue weighted by atomic mass is 32.1. The standard InChI is InChI=1S/C12H18N2S/c1-12(2)5-10(12)11-14-9(7-15-11)6-13-8-3-4-8/h7-8,10,13H,3-6H2,1-2H3. The highest BCUT2D eigenvalue weighted by molar-refractivity contribution is 7.09. The summed E-state index contributed by atoms with van der Waals surface area (Å²) in [6, 6.07) is 0.785. The molecule has 2 aliphatic carbocycles. The Morgan fingerprint density at radius 1 is 1.53 bits per heavy atom. The SMILES string of the molecule is CC1(C)CC1c1nc(CNC2CC2)cs1. The fourth-order valence-electron chi connectivity index (χ4n) is 1.99. The highest BCUT2D eigenvalue weighted by Crippen LogP contribution is 2.59. The van der Waals surface area contributed by atoms with Crippen molar-refractivity contribution in [3.63, 3.8) is 0 Å². The summed E-state index contributed by atoms with van der Waals surface area (Å²) in [6.07, 6.45) is 4.02. The van der Waals surface area contributed by atoms with Crippen LogP contribution in [0.25, 0.3) is 0 Å². The molecule has 0 spiro atoms. The van der Waals surface area contributed by atoms with Crippen LogP contribution >= 0.6 is 11.3 Å². The molecule has 2 fully saturated rings. The van der Waals surface area contributed by atoms with E-state index in [-0.39, 0.29) is 0 Å². The molecule has 2 aliphatic rings. The van der Waals surface area contributed by atoms with Crippen LogP contribution in [0.2, 0.25) is 0 Å². The second kappa shape index (κ2) is 3.29. The number of nitrogens with one attached hydrogen (secondary N) is 1. The normalized spacial score (nSPS) is 28.0. The highest BCUT2D eigenvalue weighted by Gasteiger charge is 2.48. The molecular formula is C12H18N2S. The second-order valence-electron chi connectivity index (χ2n) is 5.58. The molecule has 2 nitrogen and oxygen atoms in total. The van der Waals surface area contributed by atoms with Crippen LogP contribution in [0.1, 0.15) is 49.7 Å². The van der Waals surface area contributed by atoms with Crippen molar-refractivity contribution < 1.29 is 0 Å². The maximum atomic E-state index is 4.72. The van der Waals surface area contributed by atoms with Gasteiger partial charge in [-0.2, -0.15) is 0 Å². The lowest BCUT2D eigenvalue weighted by molar-refractivity contribution is 0.617. The van der Waals surface area contributed by atoms with Crippen molar-refractivity contribution in [3.05, 3.63) is 16.1 Å². The summed E-state index contributed by atoms with van der Waals surface area (Å²) in [5, 5.41) is 7.09. The van der Waals surface area contributed by atoms with Crippen LogP contribution in [0.5, 0.6) is 0 Å². The van der Waals surface area contributed by atoms with E-state index in [9.17, 15) is 0 Å². The zero-order valence-corrected chi connectivity index (χ0v) is 10.2. The van der Waals surface area contributed by atoms with E-state index in [1.807, 2.05) is 11.3 Å². The number of hydrogen-bond donors (Lipinski definition) is 1. The quantitative estimate of drug-likeness (QED) is 0.847. The van der Waals surface area contributed by atoms with Gasteiger partial charge >= 0.3 is 0 Å². The molecule has 1 aromatic heterocycles. The first-order valence-corrected chi connectivity index (χ1v) is 6.71. The summed E-state index contributed by atoms with van der Waals surface area (Å²) in [7, 11) is 0. The predicted octanol–water partition coefficient (Wildman–Crippen LogP) is 2.91. The van der Waals surface area contributed by atoms with Crippen molar-refractivity contribution in [3.8, 4) is 0 Å². The predicted molar refractivity (Wildman–Crippen MR) is 63.1 cm³/mol. The van der Waals surface area contributed by atoms with Gasteiger partial charge in [0.1, 0.15) is 0 Å². The Bertz CT molecular complexity index is 365. The van der Waals surface area contributed by atoms with Gasteiger partial charge in [-0.15, -0.1) is 11.3 Å². The van der Waals surface area contributed by atoms with Gasteiger partial charge in [-0.1, -0.05) is 13.8 Å². The van der Waals surface area contributed by atoms with E-state index in [2.05, 4.69) is 24.5 Å². The van der Waals surface area contributed by atoms with Crippen molar-refractivity contribution >= 4 is 11.3 Å². The molecule has 15 heavy (non-hydrogen) atoms. The Morgan fingerprint density at radius 3 is 2.87 bits per heavy atom. The largest absolute Gasteiger partial charge is 0.308 e. The molecule has 0 radical (unpaired) electrons. The van der Waals surface area contributed by atoms with E-state index in [0.29, 0.717) is 5.41 Å². The number of nitrogens with zero attached hydrogens (tertiary/aromatic N) is 1. The lowest BCUT2D eigenvalue weighted by Gasteiger charge is -1.99. The molecule has 1 N–H and O–H groups in total. The molecule has 0 aliphatic heterocycles. The fraction of sp³-hybridized carbons (Fsp3) is 0.750. The van der Waals surface area contributed by atoms with Crippen LogP contribution in [0.3, 0.4) is 0 Å². The van der Waals surface area contributed by atoms with E-state index < -0.39 is 0 Å². The first kappa shape index (κ1) is 9.79. The van der Waals surface area contributed by atoms with E-state index in [1.165, 1.54) is 30.0 Å².